The van der Waals surface area contributed by atoms with E-state index in [2.05, 4.69) is 33.2 Å². The lowest BCUT2D eigenvalue weighted by Gasteiger charge is -2.27. The third-order valence-corrected chi connectivity index (χ3v) is 14.9. The second kappa shape index (κ2) is 23.0. The molecule has 3 heterocycles. The highest BCUT2D eigenvalue weighted by atomic mass is 32.2. The highest BCUT2D eigenvalue weighted by Gasteiger charge is 2.45. The third kappa shape index (κ3) is 13.4. The summed E-state index contributed by atoms with van der Waals surface area (Å²) in [4.78, 5) is 43.9. The van der Waals surface area contributed by atoms with Gasteiger partial charge in [-0.05, 0) is 104 Å². The van der Waals surface area contributed by atoms with Gasteiger partial charge in [-0.15, -0.1) is 13.7 Å². The number of hydroxylamine groups is 2. The van der Waals surface area contributed by atoms with Crippen LogP contribution in [-0.2, 0) is 75.5 Å². The fraction of sp³-hybridized carbons (Fsp3) is 0.391. The summed E-state index contributed by atoms with van der Waals surface area (Å²) in [6.07, 6.45) is 10.0. The number of amides is 2. The van der Waals surface area contributed by atoms with Gasteiger partial charge in [0.25, 0.3) is 32.1 Å². The first-order chi connectivity index (χ1) is 32.6. The molecule has 0 spiro atoms. The van der Waals surface area contributed by atoms with Crippen LogP contribution in [0.5, 0.6) is 0 Å². The van der Waals surface area contributed by atoms with E-state index in [1.807, 2.05) is 85.2 Å². The van der Waals surface area contributed by atoms with E-state index >= 15 is 0 Å². The Bertz CT molecular complexity index is 2770. The number of hydrogen-bond acceptors (Lipinski definition) is 17. The van der Waals surface area contributed by atoms with Crippen molar-refractivity contribution in [3.63, 3.8) is 0 Å². The summed E-state index contributed by atoms with van der Waals surface area (Å²) in [5, 5.41) is 25.6. The van der Waals surface area contributed by atoms with Crippen molar-refractivity contribution in [3.05, 3.63) is 113 Å². The molecule has 0 radical (unpaired) electrons. The van der Waals surface area contributed by atoms with E-state index < -0.39 is 54.6 Å². The molecule has 3 aromatic carbocycles. The molecule has 0 atom stereocenters. The maximum Gasteiger partial charge on any atom is 0.333 e. The van der Waals surface area contributed by atoms with Crippen LogP contribution in [0.25, 0.3) is 5.57 Å². The molecule has 3 aromatic rings. The summed E-state index contributed by atoms with van der Waals surface area (Å²) < 4.78 is 79.0. The highest BCUT2D eigenvalue weighted by molar-refractivity contribution is 7.94. The van der Waals surface area contributed by atoms with Crippen molar-refractivity contribution in [2.45, 2.75) is 99.7 Å². The van der Waals surface area contributed by atoms with Crippen LogP contribution in [0.15, 0.2) is 100 Å². The molecule has 372 valence electrons. The van der Waals surface area contributed by atoms with Gasteiger partial charge < -0.3 is 9.74 Å². The molecule has 3 aliphatic rings. The Morgan fingerprint density at radius 1 is 0.855 bits per heavy atom. The predicted molar refractivity (Wildman–Crippen MR) is 256 cm³/mol. The fourth-order valence-electron chi connectivity index (χ4n) is 8.70. The van der Waals surface area contributed by atoms with E-state index in [9.17, 15) is 40.3 Å². The molecule has 6 rings (SSSR count). The first kappa shape index (κ1) is 53.6. The molecule has 0 bridgehead atoms. The Hall–Kier alpha value is -4.76. The van der Waals surface area contributed by atoms with Gasteiger partial charge in [-0.25, -0.2) is 15.3 Å². The van der Waals surface area contributed by atoms with Gasteiger partial charge in [0.2, 0.25) is 5.69 Å². The number of benzene rings is 3. The number of rotatable bonds is 24. The van der Waals surface area contributed by atoms with Gasteiger partial charge in [0.1, 0.15) is 6.54 Å². The largest absolute Gasteiger partial charge is 0.344 e. The highest BCUT2D eigenvalue weighted by Crippen LogP contribution is 2.49. The summed E-state index contributed by atoms with van der Waals surface area (Å²) in [6, 6.07) is 17.8. The van der Waals surface area contributed by atoms with E-state index in [1.165, 1.54) is 12.1 Å². The summed E-state index contributed by atoms with van der Waals surface area (Å²) in [7, 11) is -8.87. The van der Waals surface area contributed by atoms with Crippen molar-refractivity contribution in [2.24, 2.45) is 0 Å². The molecule has 69 heavy (non-hydrogen) atoms. The molecule has 1 saturated heterocycles. The van der Waals surface area contributed by atoms with Gasteiger partial charge in [-0.3, -0.25) is 18.7 Å². The topological polar surface area (TPSA) is 256 Å². The molecule has 0 aliphatic carbocycles. The molecule has 19 nitrogen and oxygen atoms in total. The number of anilines is 1. The zero-order valence-corrected chi connectivity index (χ0v) is 41.5. The molecular formula is C46H54N3O16S4+. The zero-order chi connectivity index (χ0) is 50.1. The maximum absolute atomic E-state index is 12.5. The van der Waals surface area contributed by atoms with Crippen molar-refractivity contribution >= 4 is 84.8 Å². The van der Waals surface area contributed by atoms with E-state index in [1.54, 1.807) is 6.07 Å². The number of nitrogens with zero attached hydrogens (tertiary/aromatic N) is 3. The Morgan fingerprint density at radius 2 is 1.59 bits per heavy atom. The first-order valence-corrected chi connectivity index (χ1v) is 26.5. The van der Waals surface area contributed by atoms with Gasteiger partial charge in [-0.2, -0.15) is 21.4 Å². The van der Waals surface area contributed by atoms with Crippen LogP contribution < -0.4 is 4.90 Å². The van der Waals surface area contributed by atoms with Gasteiger partial charge in [0.15, 0.2) is 5.71 Å². The lowest BCUT2D eigenvalue weighted by molar-refractivity contribution is -0.437. The predicted octanol–water partition coefficient (Wildman–Crippen LogP) is 8.12. The quantitative estimate of drug-likeness (QED) is 0.00965. The smallest absolute Gasteiger partial charge is 0.333 e. The minimum atomic E-state index is -4.57. The molecule has 3 aliphatic heterocycles. The van der Waals surface area contributed by atoms with Gasteiger partial charge in [0.05, 0.1) is 28.1 Å². The molecule has 1 fully saturated rings. The van der Waals surface area contributed by atoms with E-state index in [4.69, 9.17) is 19.7 Å². The van der Waals surface area contributed by atoms with Crippen molar-refractivity contribution in [3.8, 4) is 0 Å². The Kier molecular flexibility index (Phi) is 17.9. The van der Waals surface area contributed by atoms with Crippen LogP contribution >= 0.6 is 24.1 Å². The number of fused-ring (bicyclic) bond motifs is 2. The molecular weight excluding hydrogens is 979 g/mol. The molecule has 0 saturated carbocycles. The van der Waals surface area contributed by atoms with Crippen molar-refractivity contribution in [2.75, 3.05) is 29.5 Å². The minimum absolute atomic E-state index is 0.000518. The number of carbonyl (C=O) groups excluding carboxylic acids is 3. The number of imide groups is 1. The average molecular weight is 1030 g/mol. The lowest BCUT2D eigenvalue weighted by atomic mass is 9.81. The molecule has 0 aromatic heterocycles. The second-order valence-electron chi connectivity index (χ2n) is 17.4. The van der Waals surface area contributed by atoms with Crippen LogP contribution in [0.4, 0.5) is 11.4 Å². The number of allylic oxidation sites excluding steroid dienone is 6. The number of carbonyl (C=O) groups is 3. The van der Waals surface area contributed by atoms with Crippen LogP contribution in [0.2, 0.25) is 0 Å². The van der Waals surface area contributed by atoms with Crippen LogP contribution in [0.3, 0.4) is 0 Å². The standard InChI is InChI=1S/C46H53N3O16S4/c1-45(2)36-29-34(67-65-63-54)16-18-38(36)47(24-8-26-66-64-62-53)40(45)20-14-32(33-12-7-11-31(28-33)10-5-6-13-44(52)61-49-42(50)22-23-43(49)51)15-21-41-46(3,4)37-30-35(69(58,59)60)17-19-39(37)48(41)25-9-27-68(55,56)57/h7,11-12,14-21,28-30H,5-6,8-10,13,22-27H2,1-4H3,(H3-,53,54,55,56,57,58,59,60)/p+1. The fourth-order valence-corrected chi connectivity index (χ4v) is 10.5. The molecule has 0 unspecified atom stereocenters. The summed E-state index contributed by atoms with van der Waals surface area (Å²) in [6.45, 7) is 8.61. The number of aryl methyl sites for hydroxylation is 1. The first-order valence-electron chi connectivity index (χ1n) is 21.8. The summed E-state index contributed by atoms with van der Waals surface area (Å²) in [5.74, 6) is -1.80. The van der Waals surface area contributed by atoms with E-state index in [-0.39, 0.29) is 37.1 Å². The monoisotopic (exact) mass is 1030 g/mol. The van der Waals surface area contributed by atoms with E-state index in [0.29, 0.717) is 64.9 Å². The van der Waals surface area contributed by atoms with Crippen molar-refractivity contribution in [1.82, 2.24) is 5.06 Å². The molecule has 2 amide bonds. The van der Waals surface area contributed by atoms with Gasteiger partial charge >= 0.3 is 5.97 Å². The Balaban J connectivity index is 1.40. The summed E-state index contributed by atoms with van der Waals surface area (Å²) in [5.41, 5.74) is 5.69. The Labute approximate surface area is 409 Å². The van der Waals surface area contributed by atoms with Crippen LogP contribution in [0.1, 0.15) is 94.9 Å². The van der Waals surface area contributed by atoms with E-state index in [0.717, 1.165) is 57.7 Å². The lowest BCUT2D eigenvalue weighted by Crippen LogP contribution is -2.31. The molecule has 23 heteroatoms. The number of hydrogen-bond donors (Lipinski definition) is 4. The van der Waals surface area contributed by atoms with Gasteiger partial charge in [-0.1, -0.05) is 54.3 Å². The average Bonchev–Trinajstić information content (AvgIpc) is 3.80. The SMILES string of the molecule is CC1(C)C(/C=C/C(=C/C=C2/N(CCCSOOO)c3ccc(SOOO)cc3C2(C)C)c2cccc(CCCCC(=O)ON3C(=O)CCC3=O)c2)=[N+](CCCS(=O)(=O)O)c2ccc(S(=O)(=O)O)cc21. The third-order valence-electron chi connectivity index (χ3n) is 12.1. The second-order valence-corrected chi connectivity index (χ2v) is 22.0. The maximum atomic E-state index is 12.5. The van der Waals surface area contributed by atoms with Crippen molar-refractivity contribution < 1.29 is 79.0 Å². The van der Waals surface area contributed by atoms with Crippen LogP contribution in [-0.4, -0.2) is 94.2 Å². The van der Waals surface area contributed by atoms with Crippen molar-refractivity contribution in [1.29, 1.82) is 0 Å². The Morgan fingerprint density at radius 3 is 2.29 bits per heavy atom. The minimum Gasteiger partial charge on any atom is -0.344 e. The zero-order valence-electron chi connectivity index (χ0n) is 38.2. The van der Waals surface area contributed by atoms with Gasteiger partial charge in [0, 0.05) is 89.4 Å². The normalized spacial score (nSPS) is 17.4. The number of unbranched alkanes of at least 4 members (excludes halogenated alkanes) is 1. The van der Waals surface area contributed by atoms with Crippen LogP contribution in [0, 0.1) is 0 Å². The molecule has 4 N–H and O–H groups in total. The summed E-state index contributed by atoms with van der Waals surface area (Å²) >= 11 is 1.79.